The molecular formula is C19H22ClFN3O+. The molecule has 0 radical (unpaired) electrons. The molecule has 132 valence electrons. The number of quaternary nitrogens is 1. The molecule has 1 aliphatic heterocycles. The number of nitrogens with zero attached hydrogens (tertiary/aromatic N) is 1. The van der Waals surface area contributed by atoms with Crippen LogP contribution in [0.2, 0.25) is 5.02 Å². The lowest BCUT2D eigenvalue weighted by Crippen LogP contribution is -3.15. The van der Waals surface area contributed by atoms with E-state index in [4.69, 9.17) is 11.6 Å². The number of benzene rings is 2. The number of amides is 1. The minimum absolute atomic E-state index is 0.0280. The van der Waals surface area contributed by atoms with Gasteiger partial charge in [0.25, 0.3) is 5.91 Å². The first-order valence-electron chi connectivity index (χ1n) is 8.42. The van der Waals surface area contributed by atoms with Crippen molar-refractivity contribution in [3.05, 3.63) is 58.9 Å². The second-order valence-electron chi connectivity index (χ2n) is 6.33. The molecular weight excluding hydrogens is 341 g/mol. The third-order valence-electron chi connectivity index (χ3n) is 4.62. The smallest absolute Gasteiger partial charge is 0.279 e. The minimum Gasteiger partial charge on any atom is -0.358 e. The van der Waals surface area contributed by atoms with Crippen molar-refractivity contribution in [1.82, 2.24) is 0 Å². The van der Waals surface area contributed by atoms with Gasteiger partial charge in [-0.25, -0.2) is 4.39 Å². The molecule has 2 N–H and O–H groups in total. The number of rotatable bonds is 4. The normalized spacial score (nSPS) is 15.2. The number of hydrogen-bond acceptors (Lipinski definition) is 2. The zero-order valence-electron chi connectivity index (χ0n) is 14.2. The Hall–Kier alpha value is -2.11. The minimum atomic E-state index is -0.194. The Morgan fingerprint density at radius 1 is 1.20 bits per heavy atom. The maximum absolute atomic E-state index is 13.9. The van der Waals surface area contributed by atoms with Gasteiger partial charge in [-0.2, -0.15) is 0 Å². The van der Waals surface area contributed by atoms with Crippen LogP contribution in [0.5, 0.6) is 0 Å². The lowest BCUT2D eigenvalue weighted by Gasteiger charge is -2.33. The average molecular weight is 363 g/mol. The summed E-state index contributed by atoms with van der Waals surface area (Å²) >= 11 is 6.08. The molecule has 0 spiro atoms. The van der Waals surface area contributed by atoms with Crippen molar-refractivity contribution in [2.75, 3.05) is 42.9 Å². The van der Waals surface area contributed by atoms with Gasteiger partial charge < -0.3 is 15.1 Å². The molecule has 1 fully saturated rings. The number of anilines is 2. The van der Waals surface area contributed by atoms with Crippen LogP contribution in [-0.2, 0) is 4.79 Å². The fourth-order valence-corrected chi connectivity index (χ4v) is 3.29. The van der Waals surface area contributed by atoms with E-state index in [0.717, 1.165) is 37.4 Å². The van der Waals surface area contributed by atoms with E-state index in [-0.39, 0.29) is 11.7 Å². The van der Waals surface area contributed by atoms with Crippen LogP contribution >= 0.6 is 11.6 Å². The summed E-state index contributed by atoms with van der Waals surface area (Å²) in [6.07, 6.45) is 0. The average Bonchev–Trinajstić information content (AvgIpc) is 2.60. The van der Waals surface area contributed by atoms with Gasteiger partial charge in [-0.05, 0) is 36.8 Å². The van der Waals surface area contributed by atoms with Crippen molar-refractivity contribution in [2.45, 2.75) is 6.92 Å². The molecule has 4 nitrogen and oxygen atoms in total. The number of nitrogens with one attached hydrogen (secondary N) is 2. The summed E-state index contributed by atoms with van der Waals surface area (Å²) in [5, 5.41) is 3.57. The van der Waals surface area contributed by atoms with Gasteiger partial charge in [0, 0.05) is 10.7 Å². The maximum Gasteiger partial charge on any atom is 0.279 e. The standard InChI is InChI=1S/C19H21ClFN3O/c1-14-15(20)5-4-7-17(14)22-19(25)13-23-9-11-24(12-10-23)18-8-3-2-6-16(18)21/h2-8H,9-13H2,1H3,(H,22,25)/p+1. The molecule has 25 heavy (non-hydrogen) atoms. The molecule has 0 saturated carbocycles. The summed E-state index contributed by atoms with van der Waals surface area (Å²) in [6, 6.07) is 12.3. The van der Waals surface area contributed by atoms with Crippen molar-refractivity contribution < 1.29 is 14.1 Å². The van der Waals surface area contributed by atoms with E-state index in [1.54, 1.807) is 18.2 Å². The van der Waals surface area contributed by atoms with Gasteiger partial charge in [-0.3, -0.25) is 4.79 Å². The Bertz CT molecular complexity index is 760. The van der Waals surface area contributed by atoms with E-state index in [1.807, 2.05) is 30.0 Å². The summed E-state index contributed by atoms with van der Waals surface area (Å²) in [5.74, 6) is -0.222. The van der Waals surface area contributed by atoms with Gasteiger partial charge in [-0.1, -0.05) is 29.8 Å². The first kappa shape index (κ1) is 17.7. The van der Waals surface area contributed by atoms with Crippen LogP contribution in [0.1, 0.15) is 5.56 Å². The number of halogens is 2. The van der Waals surface area contributed by atoms with Crippen molar-refractivity contribution >= 4 is 28.9 Å². The van der Waals surface area contributed by atoms with Crippen LogP contribution in [0, 0.1) is 12.7 Å². The monoisotopic (exact) mass is 362 g/mol. The number of carbonyl (C=O) groups is 1. The maximum atomic E-state index is 13.9. The van der Waals surface area contributed by atoms with Gasteiger partial charge in [0.2, 0.25) is 0 Å². The molecule has 6 heteroatoms. The molecule has 0 aromatic heterocycles. The highest BCUT2D eigenvalue weighted by atomic mass is 35.5. The third-order valence-corrected chi connectivity index (χ3v) is 5.03. The lowest BCUT2D eigenvalue weighted by molar-refractivity contribution is -0.892. The molecule has 0 atom stereocenters. The summed E-state index contributed by atoms with van der Waals surface area (Å²) in [5.41, 5.74) is 2.26. The van der Waals surface area contributed by atoms with Crippen molar-refractivity contribution in [3.8, 4) is 0 Å². The van der Waals surface area contributed by atoms with E-state index in [0.29, 0.717) is 17.3 Å². The zero-order valence-corrected chi connectivity index (χ0v) is 14.9. The van der Waals surface area contributed by atoms with Crippen LogP contribution in [-0.4, -0.2) is 38.6 Å². The molecule has 1 saturated heterocycles. The van der Waals surface area contributed by atoms with Gasteiger partial charge in [0.15, 0.2) is 6.54 Å². The fraction of sp³-hybridized carbons (Fsp3) is 0.316. The molecule has 0 unspecified atom stereocenters. The Labute approximate surface area is 152 Å². The molecule has 1 aliphatic rings. The summed E-state index contributed by atoms with van der Waals surface area (Å²) in [6.45, 7) is 5.36. The Morgan fingerprint density at radius 3 is 2.64 bits per heavy atom. The van der Waals surface area contributed by atoms with E-state index in [9.17, 15) is 9.18 Å². The zero-order chi connectivity index (χ0) is 17.8. The van der Waals surface area contributed by atoms with E-state index in [2.05, 4.69) is 5.32 Å². The summed E-state index contributed by atoms with van der Waals surface area (Å²) < 4.78 is 13.9. The molecule has 2 aromatic rings. The first-order valence-corrected chi connectivity index (χ1v) is 8.80. The topological polar surface area (TPSA) is 36.8 Å². The number of carbonyl (C=O) groups excluding carboxylic acids is 1. The molecule has 2 aromatic carbocycles. The predicted molar refractivity (Wildman–Crippen MR) is 99.0 cm³/mol. The Kier molecular flexibility index (Phi) is 5.56. The van der Waals surface area contributed by atoms with Crippen LogP contribution in [0.25, 0.3) is 0 Å². The molecule has 1 amide bonds. The molecule has 3 rings (SSSR count). The van der Waals surface area contributed by atoms with Gasteiger partial charge in [-0.15, -0.1) is 0 Å². The highest BCUT2D eigenvalue weighted by Gasteiger charge is 2.23. The van der Waals surface area contributed by atoms with Crippen LogP contribution < -0.4 is 15.1 Å². The van der Waals surface area contributed by atoms with Gasteiger partial charge >= 0.3 is 0 Å². The Balaban J connectivity index is 1.53. The van der Waals surface area contributed by atoms with Crippen molar-refractivity contribution in [1.29, 1.82) is 0 Å². The number of piperazine rings is 1. The Morgan fingerprint density at radius 2 is 1.92 bits per heavy atom. The summed E-state index contributed by atoms with van der Waals surface area (Å²) in [4.78, 5) is 15.5. The highest BCUT2D eigenvalue weighted by Crippen LogP contribution is 2.22. The first-order chi connectivity index (χ1) is 12.0. The number of hydrogen-bond donors (Lipinski definition) is 2. The quantitative estimate of drug-likeness (QED) is 0.874. The van der Waals surface area contributed by atoms with E-state index < -0.39 is 0 Å². The van der Waals surface area contributed by atoms with E-state index in [1.165, 1.54) is 11.0 Å². The second kappa shape index (κ2) is 7.85. The second-order valence-corrected chi connectivity index (χ2v) is 6.73. The fourth-order valence-electron chi connectivity index (χ4n) is 3.11. The van der Waals surface area contributed by atoms with Crippen molar-refractivity contribution in [3.63, 3.8) is 0 Å². The predicted octanol–water partition coefficient (Wildman–Crippen LogP) is 2.13. The molecule has 1 heterocycles. The van der Waals surface area contributed by atoms with Crippen molar-refractivity contribution in [2.24, 2.45) is 0 Å². The van der Waals surface area contributed by atoms with Gasteiger partial charge in [0.1, 0.15) is 5.82 Å². The van der Waals surface area contributed by atoms with Crippen LogP contribution in [0.3, 0.4) is 0 Å². The third kappa shape index (κ3) is 4.30. The lowest BCUT2D eigenvalue weighted by atomic mass is 10.2. The molecule has 0 bridgehead atoms. The largest absolute Gasteiger partial charge is 0.358 e. The number of para-hydroxylation sites is 1. The highest BCUT2D eigenvalue weighted by molar-refractivity contribution is 6.31. The summed E-state index contributed by atoms with van der Waals surface area (Å²) in [7, 11) is 0. The van der Waals surface area contributed by atoms with Crippen LogP contribution in [0.4, 0.5) is 15.8 Å². The SMILES string of the molecule is Cc1c(Cl)cccc1NC(=O)C[NH+]1CCN(c2ccccc2F)CC1. The van der Waals surface area contributed by atoms with Crippen LogP contribution in [0.15, 0.2) is 42.5 Å². The molecule has 0 aliphatic carbocycles. The van der Waals surface area contributed by atoms with Gasteiger partial charge in [0.05, 0.1) is 31.9 Å². The van der Waals surface area contributed by atoms with E-state index >= 15 is 0 Å².